The first kappa shape index (κ1) is 16.8. The highest BCUT2D eigenvalue weighted by Crippen LogP contribution is 2.49. The number of halogens is 11. The van der Waals surface area contributed by atoms with E-state index in [0.29, 0.717) is 0 Å². The summed E-state index contributed by atoms with van der Waals surface area (Å²) in [5, 5.41) is 0. The van der Waals surface area contributed by atoms with Crippen molar-refractivity contribution in [2.24, 2.45) is 0 Å². The van der Waals surface area contributed by atoms with Gasteiger partial charge in [-0.3, -0.25) is 0 Å². The maximum absolute atomic E-state index is 12.8. The first-order valence-corrected chi connectivity index (χ1v) is 4.48. The molecule has 17 heavy (non-hydrogen) atoms. The molecule has 11 heteroatoms. The van der Waals surface area contributed by atoms with E-state index in [1.54, 1.807) is 0 Å². The van der Waals surface area contributed by atoms with Crippen LogP contribution in [0.3, 0.4) is 0 Å². The lowest BCUT2D eigenvalue weighted by Gasteiger charge is -2.27. The van der Waals surface area contributed by atoms with E-state index in [-0.39, 0.29) is 22.6 Å². The molecule has 102 valence electrons. The molecule has 0 rings (SSSR count). The average Bonchev–Trinajstić information content (AvgIpc) is 1.97. The summed E-state index contributed by atoms with van der Waals surface area (Å²) in [6.45, 7) is 0. The Labute approximate surface area is 101 Å². The fourth-order valence-corrected chi connectivity index (χ4v) is 1.01. The quantitative estimate of drug-likeness (QED) is 0.450. The van der Waals surface area contributed by atoms with Crippen molar-refractivity contribution in [3.8, 4) is 0 Å². The molecule has 0 aliphatic rings. The largest absolute Gasteiger partial charge is 0.435 e. The van der Waals surface area contributed by atoms with Crippen molar-refractivity contribution in [2.75, 3.05) is 0 Å². The van der Waals surface area contributed by atoms with E-state index < -0.39 is 33.9 Å². The SMILES string of the molecule is FC(F)(F)C(I)=CC(F)(C(F)(F)F)C(F)(F)F. The molecule has 0 atom stereocenters. The molecule has 0 saturated carbocycles. The van der Waals surface area contributed by atoms with E-state index in [0.717, 1.165) is 0 Å². The Morgan fingerprint density at radius 2 is 1.00 bits per heavy atom. The fourth-order valence-electron chi connectivity index (χ4n) is 0.581. The molecular formula is C6HF10I. The molecule has 0 aliphatic heterocycles. The zero-order valence-electron chi connectivity index (χ0n) is 7.23. The second kappa shape index (κ2) is 4.46. The molecule has 0 aromatic rings. The van der Waals surface area contributed by atoms with E-state index in [1.165, 1.54) is 0 Å². The molecule has 0 aromatic carbocycles. The Balaban J connectivity index is 5.73. The van der Waals surface area contributed by atoms with Crippen LogP contribution in [-0.4, -0.2) is 24.2 Å². The number of rotatable bonds is 1. The van der Waals surface area contributed by atoms with E-state index in [4.69, 9.17) is 0 Å². The van der Waals surface area contributed by atoms with Crippen molar-refractivity contribution >= 4 is 22.6 Å². The van der Waals surface area contributed by atoms with Crippen molar-refractivity contribution in [1.29, 1.82) is 0 Å². The Kier molecular flexibility index (Phi) is 4.40. The standard InChI is InChI=1S/C6HF10I/c7-3(5(11,12)13,6(14,15)16)1-2(17)4(8,9)10/h1H. The lowest BCUT2D eigenvalue weighted by molar-refractivity contribution is -0.322. The summed E-state index contributed by atoms with van der Waals surface area (Å²) in [5.74, 6) is 0. The van der Waals surface area contributed by atoms with Gasteiger partial charge >= 0.3 is 24.2 Å². The zero-order chi connectivity index (χ0) is 14.3. The number of hydrogen-bond acceptors (Lipinski definition) is 0. The van der Waals surface area contributed by atoms with Gasteiger partial charge in [-0.25, -0.2) is 4.39 Å². The van der Waals surface area contributed by atoms with Gasteiger partial charge in [-0.2, -0.15) is 39.5 Å². The molecule has 0 spiro atoms. The molecule has 0 N–H and O–H groups in total. The molecule has 0 nitrogen and oxygen atoms in total. The van der Waals surface area contributed by atoms with Crippen molar-refractivity contribution in [3.63, 3.8) is 0 Å². The van der Waals surface area contributed by atoms with Crippen LogP contribution in [0.4, 0.5) is 43.9 Å². The van der Waals surface area contributed by atoms with Crippen LogP contribution < -0.4 is 0 Å². The summed E-state index contributed by atoms with van der Waals surface area (Å²) in [7, 11) is 0. The first-order valence-electron chi connectivity index (χ1n) is 3.41. The topological polar surface area (TPSA) is 0 Å². The second-order valence-corrected chi connectivity index (χ2v) is 3.86. The summed E-state index contributed by atoms with van der Waals surface area (Å²) < 4.78 is 117. The lowest BCUT2D eigenvalue weighted by Crippen LogP contribution is -2.52. The number of hydrogen-bond donors (Lipinski definition) is 0. The van der Waals surface area contributed by atoms with Crippen LogP contribution in [0.15, 0.2) is 9.66 Å². The predicted molar refractivity (Wildman–Crippen MR) is 44.1 cm³/mol. The Bertz CT molecular complexity index is 290. The maximum atomic E-state index is 12.8. The van der Waals surface area contributed by atoms with Crippen LogP contribution in [0, 0.1) is 0 Å². The first-order chi connectivity index (χ1) is 7.13. The van der Waals surface area contributed by atoms with Crippen molar-refractivity contribution < 1.29 is 43.9 Å². The number of alkyl halides is 10. The number of allylic oxidation sites excluding steroid dienone is 2. The fraction of sp³-hybridized carbons (Fsp3) is 0.667. The van der Waals surface area contributed by atoms with E-state index in [2.05, 4.69) is 0 Å². The van der Waals surface area contributed by atoms with Crippen molar-refractivity contribution in [3.05, 3.63) is 9.66 Å². The smallest absolute Gasteiger partial charge is 0.219 e. The van der Waals surface area contributed by atoms with Gasteiger partial charge < -0.3 is 0 Å². The Morgan fingerprint density at radius 3 is 1.18 bits per heavy atom. The minimum atomic E-state index is -6.53. The normalized spacial score (nSPS) is 16.3. The minimum Gasteiger partial charge on any atom is -0.219 e. The highest BCUT2D eigenvalue weighted by Gasteiger charge is 2.71. The molecular weight excluding hydrogens is 389 g/mol. The van der Waals surface area contributed by atoms with Gasteiger partial charge in [0, 0.05) is 0 Å². The van der Waals surface area contributed by atoms with Crippen LogP contribution in [0.1, 0.15) is 0 Å². The summed E-state index contributed by atoms with van der Waals surface area (Å²) in [5.41, 5.74) is -6.04. The summed E-state index contributed by atoms with van der Waals surface area (Å²) in [4.78, 5) is 0. The van der Waals surface area contributed by atoms with Crippen LogP contribution >= 0.6 is 22.6 Å². The van der Waals surface area contributed by atoms with Gasteiger partial charge in [-0.15, -0.1) is 0 Å². The van der Waals surface area contributed by atoms with E-state index >= 15 is 0 Å². The third-order valence-corrected chi connectivity index (χ3v) is 2.34. The summed E-state index contributed by atoms with van der Waals surface area (Å²) >= 11 is 0.150. The molecule has 0 aromatic heterocycles. The molecule has 0 amide bonds. The average molecular weight is 390 g/mol. The summed E-state index contributed by atoms with van der Waals surface area (Å²) in [6.07, 6.45) is -20.1. The third kappa shape index (κ3) is 3.61. The molecule has 0 fully saturated rings. The molecule has 0 saturated heterocycles. The minimum absolute atomic E-state index is 0.150. The van der Waals surface area contributed by atoms with E-state index in [9.17, 15) is 43.9 Å². The van der Waals surface area contributed by atoms with Gasteiger partial charge in [-0.1, -0.05) is 0 Å². The molecule has 0 bridgehead atoms. The van der Waals surface area contributed by atoms with Gasteiger partial charge in [0.25, 0.3) is 0 Å². The van der Waals surface area contributed by atoms with Crippen LogP contribution in [0.2, 0.25) is 0 Å². The highest BCUT2D eigenvalue weighted by molar-refractivity contribution is 14.1. The van der Waals surface area contributed by atoms with E-state index in [1.807, 2.05) is 0 Å². The van der Waals surface area contributed by atoms with Crippen LogP contribution in [0.25, 0.3) is 0 Å². The van der Waals surface area contributed by atoms with Crippen molar-refractivity contribution in [1.82, 2.24) is 0 Å². The molecule has 0 unspecified atom stereocenters. The summed E-state index contributed by atoms with van der Waals surface area (Å²) in [6, 6.07) is 0. The predicted octanol–water partition coefficient (Wildman–Crippen LogP) is 4.70. The molecule has 0 aliphatic carbocycles. The maximum Gasteiger partial charge on any atom is 0.435 e. The second-order valence-electron chi connectivity index (χ2n) is 2.70. The molecule has 0 radical (unpaired) electrons. The lowest BCUT2D eigenvalue weighted by atomic mass is 10.0. The van der Waals surface area contributed by atoms with Gasteiger partial charge in [0.1, 0.15) is 0 Å². The van der Waals surface area contributed by atoms with Crippen molar-refractivity contribution in [2.45, 2.75) is 24.2 Å². The zero-order valence-corrected chi connectivity index (χ0v) is 9.39. The van der Waals surface area contributed by atoms with Gasteiger partial charge in [0.05, 0.1) is 3.58 Å². The Hall–Kier alpha value is -0.230. The Morgan fingerprint density at radius 1 is 0.706 bits per heavy atom. The van der Waals surface area contributed by atoms with Gasteiger partial charge in [0.15, 0.2) is 0 Å². The third-order valence-electron chi connectivity index (χ3n) is 1.42. The highest BCUT2D eigenvalue weighted by atomic mass is 127. The van der Waals surface area contributed by atoms with Gasteiger partial charge in [-0.05, 0) is 28.7 Å². The van der Waals surface area contributed by atoms with Crippen LogP contribution in [0.5, 0.6) is 0 Å². The monoisotopic (exact) mass is 390 g/mol. The molecule has 0 heterocycles. The van der Waals surface area contributed by atoms with Crippen LogP contribution in [-0.2, 0) is 0 Å². The van der Waals surface area contributed by atoms with Gasteiger partial charge in [0.2, 0.25) is 0 Å².